The van der Waals surface area contributed by atoms with Gasteiger partial charge in [0, 0.05) is 18.1 Å². The van der Waals surface area contributed by atoms with Crippen LogP contribution in [0.2, 0.25) is 0 Å². The maximum Gasteiger partial charge on any atom is 0.0280 e. The first kappa shape index (κ1) is 14.6. The van der Waals surface area contributed by atoms with Gasteiger partial charge in [0.1, 0.15) is 0 Å². The molecule has 0 amide bonds. The predicted octanol–water partition coefficient (Wildman–Crippen LogP) is 3.38. The summed E-state index contributed by atoms with van der Waals surface area (Å²) in [4.78, 5) is 0. The number of nitrogens with one attached hydrogen (secondary N) is 1. The van der Waals surface area contributed by atoms with Crippen LogP contribution >= 0.6 is 12.4 Å². The van der Waals surface area contributed by atoms with Crippen LogP contribution in [0, 0.1) is 5.41 Å². The van der Waals surface area contributed by atoms with Gasteiger partial charge in [-0.15, -0.1) is 12.4 Å². The molecule has 3 rings (SSSR count). The average molecular weight is 273 g/mol. The summed E-state index contributed by atoms with van der Waals surface area (Å²) in [6.07, 6.45) is 15.2. The minimum absolute atomic E-state index is 0. The van der Waals surface area contributed by atoms with E-state index in [1.807, 2.05) is 0 Å². The second kappa shape index (κ2) is 5.68. The van der Waals surface area contributed by atoms with Crippen molar-refractivity contribution in [3.63, 3.8) is 0 Å². The highest BCUT2D eigenvalue weighted by Gasteiger charge is 2.50. The van der Waals surface area contributed by atoms with E-state index < -0.39 is 0 Å². The van der Waals surface area contributed by atoms with Crippen molar-refractivity contribution in [3.05, 3.63) is 0 Å². The molecule has 3 N–H and O–H groups in total. The molecule has 1 unspecified atom stereocenters. The molecule has 1 atom stereocenters. The summed E-state index contributed by atoms with van der Waals surface area (Å²) in [5.74, 6) is 0. The first-order chi connectivity index (χ1) is 8.23. The summed E-state index contributed by atoms with van der Waals surface area (Å²) in [6.45, 7) is 1.07. The minimum atomic E-state index is 0. The van der Waals surface area contributed by atoms with Crippen molar-refractivity contribution >= 4 is 12.4 Å². The molecule has 2 nitrogen and oxygen atoms in total. The zero-order valence-corrected chi connectivity index (χ0v) is 12.4. The third-order valence-electron chi connectivity index (χ3n) is 5.82. The highest BCUT2D eigenvalue weighted by atomic mass is 35.5. The Bertz CT molecular complexity index is 262. The molecule has 3 aliphatic rings. The van der Waals surface area contributed by atoms with E-state index in [2.05, 4.69) is 5.32 Å². The van der Waals surface area contributed by atoms with Crippen LogP contribution < -0.4 is 11.1 Å². The lowest BCUT2D eigenvalue weighted by Gasteiger charge is -2.57. The van der Waals surface area contributed by atoms with Gasteiger partial charge in [-0.25, -0.2) is 0 Å². The molecule has 3 heteroatoms. The van der Waals surface area contributed by atoms with Crippen LogP contribution in [0.25, 0.3) is 0 Å². The standard InChI is InChI=1S/C15H28N2.ClH/c16-15(9-3-1-2-4-10-15)12-17-13-6-11-14(13)7-5-8-14;/h13,17H,1-12,16H2;1H. The molecule has 0 bridgehead atoms. The summed E-state index contributed by atoms with van der Waals surface area (Å²) in [6, 6.07) is 0.805. The van der Waals surface area contributed by atoms with Crippen LogP contribution in [0.15, 0.2) is 0 Å². The summed E-state index contributed by atoms with van der Waals surface area (Å²) in [7, 11) is 0. The van der Waals surface area contributed by atoms with Crippen molar-refractivity contribution in [2.45, 2.75) is 82.2 Å². The van der Waals surface area contributed by atoms with Crippen molar-refractivity contribution in [1.29, 1.82) is 0 Å². The van der Waals surface area contributed by atoms with Gasteiger partial charge in [-0.05, 0) is 43.9 Å². The molecular formula is C15H29ClN2. The van der Waals surface area contributed by atoms with Crippen LogP contribution in [0.3, 0.4) is 0 Å². The Hall–Kier alpha value is 0.210. The quantitative estimate of drug-likeness (QED) is 0.773. The number of rotatable bonds is 3. The molecule has 106 valence electrons. The lowest BCUT2D eigenvalue weighted by Crippen LogP contribution is -2.61. The van der Waals surface area contributed by atoms with Gasteiger partial charge < -0.3 is 11.1 Å². The van der Waals surface area contributed by atoms with E-state index in [0.29, 0.717) is 0 Å². The van der Waals surface area contributed by atoms with E-state index in [0.717, 1.165) is 18.0 Å². The van der Waals surface area contributed by atoms with Gasteiger partial charge in [0.2, 0.25) is 0 Å². The molecule has 0 aliphatic heterocycles. The number of halogens is 1. The molecule has 0 heterocycles. The van der Waals surface area contributed by atoms with E-state index in [-0.39, 0.29) is 17.9 Å². The average Bonchev–Trinajstić information content (AvgIpc) is 2.40. The van der Waals surface area contributed by atoms with E-state index >= 15 is 0 Å². The summed E-state index contributed by atoms with van der Waals surface area (Å²) in [5.41, 5.74) is 7.40. The van der Waals surface area contributed by atoms with Crippen molar-refractivity contribution in [2.24, 2.45) is 11.1 Å². The number of nitrogens with two attached hydrogens (primary N) is 1. The minimum Gasteiger partial charge on any atom is -0.324 e. The molecule has 0 aromatic carbocycles. The molecule has 3 aliphatic carbocycles. The van der Waals surface area contributed by atoms with E-state index in [4.69, 9.17) is 5.73 Å². The van der Waals surface area contributed by atoms with Crippen molar-refractivity contribution in [3.8, 4) is 0 Å². The Kier molecular flexibility index (Phi) is 4.61. The van der Waals surface area contributed by atoms with Gasteiger partial charge in [0.15, 0.2) is 0 Å². The summed E-state index contributed by atoms with van der Waals surface area (Å²) >= 11 is 0. The lowest BCUT2D eigenvalue weighted by atomic mass is 9.53. The maximum absolute atomic E-state index is 6.57. The van der Waals surface area contributed by atoms with Crippen molar-refractivity contribution in [2.75, 3.05) is 6.54 Å². The van der Waals surface area contributed by atoms with Crippen LogP contribution in [0.4, 0.5) is 0 Å². The topological polar surface area (TPSA) is 38.0 Å². The molecule has 3 fully saturated rings. The molecular weight excluding hydrogens is 244 g/mol. The summed E-state index contributed by atoms with van der Waals surface area (Å²) < 4.78 is 0. The van der Waals surface area contributed by atoms with E-state index in [9.17, 15) is 0 Å². The van der Waals surface area contributed by atoms with Gasteiger partial charge in [-0.3, -0.25) is 0 Å². The summed E-state index contributed by atoms with van der Waals surface area (Å²) in [5, 5.41) is 3.82. The second-order valence-corrected chi connectivity index (χ2v) is 6.96. The number of hydrogen-bond donors (Lipinski definition) is 2. The van der Waals surface area contributed by atoms with E-state index in [1.54, 1.807) is 0 Å². The first-order valence-corrected chi connectivity index (χ1v) is 7.75. The second-order valence-electron chi connectivity index (χ2n) is 6.96. The third kappa shape index (κ3) is 2.71. The Morgan fingerprint density at radius 1 is 0.889 bits per heavy atom. The van der Waals surface area contributed by atoms with Crippen LogP contribution in [0.5, 0.6) is 0 Å². The zero-order chi connectivity index (χ0) is 11.8. The lowest BCUT2D eigenvalue weighted by molar-refractivity contribution is -0.0198. The molecule has 3 saturated carbocycles. The van der Waals surface area contributed by atoms with Crippen molar-refractivity contribution in [1.82, 2.24) is 5.32 Å². The molecule has 0 radical (unpaired) electrons. The molecule has 18 heavy (non-hydrogen) atoms. The number of hydrogen-bond acceptors (Lipinski definition) is 2. The van der Waals surface area contributed by atoms with Gasteiger partial charge in [0.05, 0.1) is 0 Å². The molecule has 1 spiro atoms. The van der Waals surface area contributed by atoms with Crippen LogP contribution in [-0.2, 0) is 0 Å². The van der Waals surface area contributed by atoms with Crippen molar-refractivity contribution < 1.29 is 0 Å². The largest absolute Gasteiger partial charge is 0.324 e. The maximum atomic E-state index is 6.57. The smallest absolute Gasteiger partial charge is 0.0280 e. The highest BCUT2D eigenvalue weighted by molar-refractivity contribution is 5.85. The highest BCUT2D eigenvalue weighted by Crippen LogP contribution is 2.55. The third-order valence-corrected chi connectivity index (χ3v) is 5.82. The van der Waals surface area contributed by atoms with Crippen LogP contribution in [0.1, 0.15) is 70.6 Å². The van der Waals surface area contributed by atoms with E-state index in [1.165, 1.54) is 70.6 Å². The Labute approximate surface area is 118 Å². The fourth-order valence-corrected chi connectivity index (χ4v) is 4.18. The Balaban J connectivity index is 0.00000120. The monoisotopic (exact) mass is 272 g/mol. The van der Waals surface area contributed by atoms with Gasteiger partial charge in [-0.2, -0.15) is 0 Å². The fraction of sp³-hybridized carbons (Fsp3) is 1.00. The normalized spacial score (nSPS) is 32.8. The first-order valence-electron chi connectivity index (χ1n) is 7.75. The fourth-order valence-electron chi connectivity index (χ4n) is 4.18. The Morgan fingerprint density at radius 2 is 1.56 bits per heavy atom. The van der Waals surface area contributed by atoms with Gasteiger partial charge in [0.25, 0.3) is 0 Å². The van der Waals surface area contributed by atoms with Gasteiger partial charge >= 0.3 is 0 Å². The SMILES string of the molecule is Cl.NC1(CNC2CCC23CCC3)CCCCCC1. The Morgan fingerprint density at radius 3 is 2.00 bits per heavy atom. The zero-order valence-electron chi connectivity index (χ0n) is 11.5. The molecule has 0 aromatic rings. The predicted molar refractivity (Wildman–Crippen MR) is 79.2 cm³/mol. The van der Waals surface area contributed by atoms with Gasteiger partial charge in [-0.1, -0.05) is 32.1 Å². The van der Waals surface area contributed by atoms with Crippen LogP contribution in [-0.4, -0.2) is 18.1 Å². The molecule has 0 aromatic heterocycles. The molecule has 0 saturated heterocycles.